The van der Waals surface area contributed by atoms with Gasteiger partial charge in [-0.2, -0.15) is 0 Å². The van der Waals surface area contributed by atoms with Crippen LogP contribution < -0.4 is 15.0 Å². The Morgan fingerprint density at radius 3 is 2.61 bits per heavy atom. The first-order valence-corrected chi connectivity index (χ1v) is 15.2. The Hall–Kier alpha value is -3.02. The number of anilines is 2. The van der Waals surface area contributed by atoms with Crippen LogP contribution in [-0.2, 0) is 0 Å². The molecule has 9 heteroatoms. The summed E-state index contributed by atoms with van der Waals surface area (Å²) in [4.78, 5) is 33.4. The molecule has 0 saturated carbocycles. The Morgan fingerprint density at radius 2 is 1.85 bits per heavy atom. The van der Waals surface area contributed by atoms with E-state index in [1.165, 1.54) is 13.2 Å². The van der Waals surface area contributed by atoms with E-state index in [1.807, 2.05) is 25.1 Å². The van der Waals surface area contributed by atoms with E-state index in [0.717, 1.165) is 55.8 Å². The van der Waals surface area contributed by atoms with Gasteiger partial charge in [0.1, 0.15) is 11.6 Å². The molecule has 2 atom stereocenters. The first-order valence-electron chi connectivity index (χ1n) is 14.0. The van der Waals surface area contributed by atoms with Crippen molar-refractivity contribution in [2.45, 2.75) is 29.7 Å². The van der Waals surface area contributed by atoms with Gasteiger partial charge in [-0.15, -0.1) is 0 Å². The van der Waals surface area contributed by atoms with Crippen molar-refractivity contribution in [3.8, 4) is 5.75 Å². The summed E-state index contributed by atoms with van der Waals surface area (Å²) in [6.07, 6.45) is 1.68. The summed E-state index contributed by atoms with van der Waals surface area (Å²) in [6.45, 7) is 6.22. The maximum Gasteiger partial charge on any atom is 0.262 e. The fraction of sp³-hybridized carbons (Fsp3) is 0.375. The SMILES string of the molecule is COc1cc(NC(=O)c2ccccc2C)ccc1C(=O)N1CCCC(CN2CCN(C)CC2I)c2cc(F)ccc21. The Labute approximate surface area is 254 Å². The molecule has 7 nitrogen and oxygen atoms in total. The van der Waals surface area contributed by atoms with E-state index < -0.39 is 0 Å². The van der Waals surface area contributed by atoms with Crippen LogP contribution in [0.2, 0.25) is 0 Å². The minimum Gasteiger partial charge on any atom is -0.496 e. The number of ether oxygens (including phenoxy) is 1. The normalized spacial score (nSPS) is 19.8. The number of amides is 2. The number of nitrogens with one attached hydrogen (secondary N) is 1. The molecule has 0 bridgehead atoms. The van der Waals surface area contributed by atoms with Crippen molar-refractivity contribution in [3.05, 3.63) is 88.7 Å². The predicted molar refractivity (Wildman–Crippen MR) is 169 cm³/mol. The number of carbonyl (C=O) groups is 2. The van der Waals surface area contributed by atoms with Gasteiger partial charge in [-0.25, -0.2) is 4.39 Å². The summed E-state index contributed by atoms with van der Waals surface area (Å²) in [5, 5.41) is 2.91. The molecule has 0 radical (unpaired) electrons. The molecular weight excluding hydrogens is 634 g/mol. The summed E-state index contributed by atoms with van der Waals surface area (Å²) in [6, 6.07) is 17.2. The van der Waals surface area contributed by atoms with Crippen LogP contribution in [0.4, 0.5) is 15.8 Å². The number of hydrogen-bond acceptors (Lipinski definition) is 5. The van der Waals surface area contributed by atoms with Gasteiger partial charge in [0, 0.05) is 55.7 Å². The molecule has 1 fully saturated rings. The fourth-order valence-corrected chi connectivity index (χ4v) is 6.96. The third-order valence-electron chi connectivity index (χ3n) is 8.06. The van der Waals surface area contributed by atoms with Crippen LogP contribution in [0.1, 0.15) is 50.6 Å². The summed E-state index contributed by atoms with van der Waals surface area (Å²) >= 11 is 2.50. The molecule has 3 aromatic rings. The van der Waals surface area contributed by atoms with Crippen LogP contribution in [0.15, 0.2) is 60.7 Å². The second-order valence-electron chi connectivity index (χ2n) is 10.9. The quantitative estimate of drug-likeness (QED) is 0.200. The lowest BCUT2D eigenvalue weighted by Crippen LogP contribution is -2.50. The van der Waals surface area contributed by atoms with Crippen LogP contribution in [0.3, 0.4) is 0 Å². The second-order valence-corrected chi connectivity index (χ2v) is 12.3. The molecule has 1 saturated heterocycles. The first kappa shape index (κ1) is 29.5. The molecular formula is C32H36FIN4O3. The molecule has 0 aromatic heterocycles. The molecule has 0 aliphatic carbocycles. The maximum absolute atomic E-state index is 14.6. The average Bonchev–Trinajstić information content (AvgIpc) is 3.13. The highest BCUT2D eigenvalue weighted by atomic mass is 127. The summed E-state index contributed by atoms with van der Waals surface area (Å²) in [5.41, 5.74) is 4.00. The number of carbonyl (C=O) groups excluding carboxylic acids is 2. The largest absolute Gasteiger partial charge is 0.496 e. The summed E-state index contributed by atoms with van der Waals surface area (Å²) < 4.78 is 20.6. The summed E-state index contributed by atoms with van der Waals surface area (Å²) in [5.74, 6) is -0.238. The van der Waals surface area contributed by atoms with E-state index in [1.54, 1.807) is 41.3 Å². The molecule has 5 rings (SSSR count). The monoisotopic (exact) mass is 670 g/mol. The number of alkyl halides is 1. The molecule has 3 aromatic carbocycles. The Balaban J connectivity index is 1.40. The number of piperazine rings is 1. The number of nitrogens with zero attached hydrogens (tertiary/aromatic N) is 3. The van der Waals surface area contributed by atoms with E-state index in [4.69, 9.17) is 4.74 Å². The van der Waals surface area contributed by atoms with E-state index in [2.05, 4.69) is 44.8 Å². The van der Waals surface area contributed by atoms with Gasteiger partial charge in [-0.05, 0) is 80.3 Å². The van der Waals surface area contributed by atoms with Crippen LogP contribution >= 0.6 is 22.6 Å². The zero-order valence-corrected chi connectivity index (χ0v) is 25.9. The highest BCUT2D eigenvalue weighted by Gasteiger charge is 2.32. The van der Waals surface area contributed by atoms with Gasteiger partial charge in [0.2, 0.25) is 0 Å². The van der Waals surface area contributed by atoms with Crippen molar-refractivity contribution in [1.29, 1.82) is 0 Å². The number of halogens is 2. The molecule has 2 amide bonds. The maximum atomic E-state index is 14.6. The van der Waals surface area contributed by atoms with Gasteiger partial charge in [-0.1, -0.05) is 40.8 Å². The van der Waals surface area contributed by atoms with Crippen LogP contribution in [0.5, 0.6) is 5.75 Å². The van der Waals surface area contributed by atoms with Crippen LogP contribution in [0.25, 0.3) is 0 Å². The number of aryl methyl sites for hydroxylation is 1. The fourth-order valence-electron chi connectivity index (χ4n) is 5.78. The third-order valence-corrected chi connectivity index (χ3v) is 9.24. The number of hydrogen-bond donors (Lipinski definition) is 1. The molecule has 216 valence electrons. The van der Waals surface area contributed by atoms with E-state index in [0.29, 0.717) is 33.2 Å². The van der Waals surface area contributed by atoms with E-state index in [9.17, 15) is 14.0 Å². The van der Waals surface area contributed by atoms with Crippen LogP contribution in [0, 0.1) is 12.7 Å². The number of likely N-dealkylation sites (N-methyl/N-ethyl adjacent to an activating group) is 1. The second kappa shape index (κ2) is 12.9. The zero-order chi connectivity index (χ0) is 29.1. The lowest BCUT2D eigenvalue weighted by molar-refractivity contribution is 0.0983. The van der Waals surface area contributed by atoms with Crippen molar-refractivity contribution in [2.75, 3.05) is 57.1 Å². The van der Waals surface area contributed by atoms with Crippen molar-refractivity contribution >= 4 is 45.8 Å². The highest BCUT2D eigenvalue weighted by molar-refractivity contribution is 14.1. The smallest absolute Gasteiger partial charge is 0.262 e. The minimum atomic E-state index is -0.293. The van der Waals surface area contributed by atoms with Crippen LogP contribution in [-0.4, -0.2) is 72.5 Å². The number of methoxy groups -OCH3 is 1. The standard InChI is InChI=1S/C32H36FIN4O3/c1-21-7-4-5-9-25(21)31(39)35-24-11-12-26(29(18-24)41-3)32(40)38-14-6-8-22(27-17-23(33)10-13-28(27)38)19-37-16-15-36(2)20-30(37)34/h4-5,7,9-13,17-18,22,30H,6,8,14-16,19-20H2,1-3H3,(H,35,39). The topological polar surface area (TPSA) is 65.1 Å². The molecule has 0 spiro atoms. The molecule has 2 aliphatic heterocycles. The number of benzene rings is 3. The van der Waals surface area contributed by atoms with Gasteiger partial charge in [-0.3, -0.25) is 14.5 Å². The predicted octanol–water partition coefficient (Wildman–Crippen LogP) is 5.93. The Kier molecular flexibility index (Phi) is 9.25. The van der Waals surface area contributed by atoms with E-state index in [-0.39, 0.29) is 23.5 Å². The number of fused-ring (bicyclic) bond motifs is 1. The molecule has 2 aliphatic rings. The lowest BCUT2D eigenvalue weighted by atomic mass is 9.93. The van der Waals surface area contributed by atoms with Crippen molar-refractivity contribution in [3.63, 3.8) is 0 Å². The van der Waals surface area contributed by atoms with Gasteiger partial charge in [0.05, 0.1) is 16.7 Å². The van der Waals surface area contributed by atoms with Crippen molar-refractivity contribution in [1.82, 2.24) is 9.80 Å². The van der Waals surface area contributed by atoms with E-state index >= 15 is 0 Å². The molecule has 1 N–H and O–H groups in total. The van der Waals surface area contributed by atoms with Crippen molar-refractivity contribution < 1.29 is 18.7 Å². The molecule has 2 heterocycles. The van der Waals surface area contributed by atoms with Gasteiger partial charge in [0.15, 0.2) is 0 Å². The zero-order valence-electron chi connectivity index (χ0n) is 23.7. The average molecular weight is 671 g/mol. The van der Waals surface area contributed by atoms with Gasteiger partial charge >= 0.3 is 0 Å². The third kappa shape index (κ3) is 6.57. The first-order chi connectivity index (χ1) is 19.7. The van der Waals surface area contributed by atoms with Crippen molar-refractivity contribution in [2.24, 2.45) is 0 Å². The lowest BCUT2D eigenvalue weighted by Gasteiger charge is -2.39. The van der Waals surface area contributed by atoms with Gasteiger partial charge in [0.25, 0.3) is 11.8 Å². The Morgan fingerprint density at radius 1 is 1.05 bits per heavy atom. The highest BCUT2D eigenvalue weighted by Crippen LogP contribution is 2.38. The Bertz CT molecular complexity index is 1430. The molecule has 41 heavy (non-hydrogen) atoms. The van der Waals surface area contributed by atoms with Gasteiger partial charge < -0.3 is 19.9 Å². The number of rotatable bonds is 6. The molecule has 2 unspecified atom stereocenters. The summed E-state index contributed by atoms with van der Waals surface area (Å²) in [7, 11) is 3.65. The minimum absolute atomic E-state index is 0.125.